The molecule has 2 aliphatic rings. The van der Waals surface area contributed by atoms with E-state index in [0.717, 1.165) is 5.56 Å². The van der Waals surface area contributed by atoms with E-state index >= 15 is 0 Å². The summed E-state index contributed by atoms with van der Waals surface area (Å²) in [5.41, 5.74) is 0.637. The normalized spacial score (nSPS) is 28.4. The number of benzene rings is 2. The molecule has 0 aliphatic carbocycles. The zero-order valence-corrected chi connectivity index (χ0v) is 18.0. The number of rotatable bonds is 7. The van der Waals surface area contributed by atoms with E-state index in [1.165, 1.54) is 30.3 Å². The van der Waals surface area contributed by atoms with Crippen LogP contribution in [0.5, 0.6) is 5.75 Å². The number of carbonyl (C=O) groups is 1. The quantitative estimate of drug-likeness (QED) is 0.353. The minimum atomic E-state index is -1.21. The van der Waals surface area contributed by atoms with E-state index in [1.807, 2.05) is 30.3 Å². The lowest BCUT2D eigenvalue weighted by molar-refractivity contribution is -0.384. The van der Waals surface area contributed by atoms with Crippen LogP contribution >= 0.6 is 0 Å². The highest BCUT2D eigenvalue weighted by Crippen LogP contribution is 2.34. The number of aliphatic hydroxyl groups excluding tert-OH is 1. The maximum atomic E-state index is 12.5. The van der Waals surface area contributed by atoms with Crippen LogP contribution in [0.2, 0.25) is 0 Å². The molecule has 0 saturated carbocycles. The van der Waals surface area contributed by atoms with Crippen molar-refractivity contribution in [3.63, 3.8) is 0 Å². The number of nitro benzene ring substituents is 1. The van der Waals surface area contributed by atoms with Crippen LogP contribution in [0.25, 0.3) is 0 Å². The van der Waals surface area contributed by atoms with Crippen molar-refractivity contribution in [2.75, 3.05) is 13.2 Å². The van der Waals surface area contributed by atoms with E-state index in [4.69, 9.17) is 23.7 Å². The average molecular weight is 472 g/mol. The number of hydrogen-bond donors (Lipinski definition) is 2. The van der Waals surface area contributed by atoms with Gasteiger partial charge in [-0.05, 0) is 12.1 Å². The Labute approximate surface area is 195 Å². The van der Waals surface area contributed by atoms with Crippen molar-refractivity contribution in [3.8, 4) is 5.75 Å². The van der Waals surface area contributed by atoms with Crippen LogP contribution in [0.4, 0.5) is 10.5 Å². The van der Waals surface area contributed by atoms with Gasteiger partial charge in [0.25, 0.3) is 5.69 Å². The highest BCUT2D eigenvalue weighted by molar-refractivity contribution is 5.71. The van der Waals surface area contributed by atoms with E-state index in [9.17, 15) is 20.0 Å². The van der Waals surface area contributed by atoms with E-state index in [1.54, 1.807) is 0 Å². The van der Waals surface area contributed by atoms with Crippen LogP contribution in [0, 0.1) is 10.1 Å². The monoisotopic (exact) mass is 472 g/mol. The highest BCUT2D eigenvalue weighted by atomic mass is 16.7. The van der Waals surface area contributed by atoms with Gasteiger partial charge < -0.3 is 34.1 Å². The fraction of sp³-hybridized carbons (Fsp3) is 0.348. The van der Waals surface area contributed by atoms with Gasteiger partial charge in [0.05, 0.1) is 18.1 Å². The molecule has 4 rings (SSSR count). The number of aliphatic hydroxyl groups is 1. The van der Waals surface area contributed by atoms with Crippen molar-refractivity contribution < 1.29 is 38.5 Å². The van der Waals surface area contributed by atoms with Crippen LogP contribution in [-0.4, -0.2) is 60.0 Å². The molecule has 0 bridgehead atoms. The molecule has 0 radical (unpaired) electrons. The summed E-state index contributed by atoms with van der Waals surface area (Å²) in [6, 6.07) is 13.2. The van der Waals surface area contributed by atoms with Gasteiger partial charge in [-0.15, -0.1) is 6.58 Å². The first-order chi connectivity index (χ1) is 16.5. The topological polar surface area (TPSA) is 139 Å². The van der Waals surface area contributed by atoms with Crippen LogP contribution in [0.1, 0.15) is 11.9 Å². The minimum Gasteiger partial charge on any atom is -0.410 e. The van der Waals surface area contributed by atoms with Gasteiger partial charge in [0.1, 0.15) is 30.1 Å². The van der Waals surface area contributed by atoms with Crippen molar-refractivity contribution in [2.45, 2.75) is 36.9 Å². The Hall–Kier alpha value is -3.35. The standard InChI is InChI=1S/C23H24N2O9/c1-2-12-30-22-18(24-23(27)32-16-10-8-15(9-11-16)25(28)29)19(26)20-17(33-22)13-31-21(34-20)14-6-4-3-5-7-14/h2-11,17-22,26H,1,12-13H2,(H,24,27)/t17-,18-,19-,20-,21-,22+/m1/s1. The summed E-state index contributed by atoms with van der Waals surface area (Å²) >= 11 is 0. The molecule has 34 heavy (non-hydrogen) atoms. The van der Waals surface area contributed by atoms with Crippen molar-refractivity contribution in [1.82, 2.24) is 5.32 Å². The molecular formula is C23H24N2O9. The zero-order chi connectivity index (χ0) is 24.1. The fourth-order valence-electron chi connectivity index (χ4n) is 3.74. The third-order valence-corrected chi connectivity index (χ3v) is 5.36. The van der Waals surface area contributed by atoms with Gasteiger partial charge >= 0.3 is 6.09 Å². The number of nitro groups is 1. The van der Waals surface area contributed by atoms with Gasteiger partial charge in [-0.2, -0.15) is 0 Å². The molecule has 11 heteroatoms. The number of carbonyl (C=O) groups excluding carboxylic acids is 1. The molecule has 2 heterocycles. The number of nitrogens with one attached hydrogen (secondary N) is 1. The molecule has 6 atom stereocenters. The Balaban J connectivity index is 1.46. The van der Waals surface area contributed by atoms with Gasteiger partial charge in [0.2, 0.25) is 0 Å². The summed E-state index contributed by atoms with van der Waals surface area (Å²) < 4.78 is 28.5. The Morgan fingerprint density at radius 3 is 2.62 bits per heavy atom. The van der Waals surface area contributed by atoms with Crippen molar-refractivity contribution in [3.05, 3.63) is 82.9 Å². The molecule has 2 aliphatic heterocycles. The molecule has 0 unspecified atom stereocenters. The van der Waals surface area contributed by atoms with Crippen molar-refractivity contribution in [2.24, 2.45) is 0 Å². The van der Waals surface area contributed by atoms with Crippen LogP contribution in [-0.2, 0) is 18.9 Å². The molecule has 2 N–H and O–H groups in total. The summed E-state index contributed by atoms with van der Waals surface area (Å²) in [6.07, 6.45) is -3.79. The van der Waals surface area contributed by atoms with E-state index in [-0.39, 0.29) is 24.7 Å². The van der Waals surface area contributed by atoms with Crippen molar-refractivity contribution in [1.29, 1.82) is 0 Å². The summed E-state index contributed by atoms with van der Waals surface area (Å²) in [7, 11) is 0. The lowest BCUT2D eigenvalue weighted by atomic mass is 9.96. The smallest absolute Gasteiger partial charge is 0.410 e. The van der Waals surface area contributed by atoms with Crippen LogP contribution in [0.15, 0.2) is 67.3 Å². The van der Waals surface area contributed by atoms with E-state index in [2.05, 4.69) is 11.9 Å². The van der Waals surface area contributed by atoms with Gasteiger partial charge in [-0.3, -0.25) is 10.1 Å². The molecule has 2 aromatic carbocycles. The van der Waals surface area contributed by atoms with Gasteiger partial charge in [-0.1, -0.05) is 36.4 Å². The second-order valence-corrected chi connectivity index (χ2v) is 7.64. The van der Waals surface area contributed by atoms with Crippen LogP contribution in [0.3, 0.4) is 0 Å². The Bertz CT molecular complexity index is 1000. The molecule has 1 amide bonds. The first-order valence-electron chi connectivity index (χ1n) is 10.6. The predicted molar refractivity (Wildman–Crippen MR) is 117 cm³/mol. The SMILES string of the molecule is C=CCO[C@H]1O[C@@H]2CO[C@@H](c3ccccc3)O[C@H]2[C@H](O)[C@H]1NC(=O)Oc1ccc([N+](=O)[O-])cc1. The first kappa shape index (κ1) is 23.8. The zero-order valence-electron chi connectivity index (χ0n) is 18.0. The Morgan fingerprint density at radius 2 is 1.94 bits per heavy atom. The van der Waals surface area contributed by atoms with Crippen LogP contribution < -0.4 is 10.1 Å². The second kappa shape index (κ2) is 10.7. The molecule has 0 aromatic heterocycles. The van der Waals surface area contributed by atoms with E-state index < -0.39 is 48.0 Å². The number of fused-ring (bicyclic) bond motifs is 1. The van der Waals surface area contributed by atoms with Gasteiger partial charge in [0.15, 0.2) is 12.6 Å². The summed E-state index contributed by atoms with van der Waals surface area (Å²) in [5, 5.41) is 24.4. The Morgan fingerprint density at radius 1 is 1.21 bits per heavy atom. The lowest BCUT2D eigenvalue weighted by Gasteiger charge is -2.47. The number of ether oxygens (including phenoxy) is 5. The second-order valence-electron chi connectivity index (χ2n) is 7.64. The molecular weight excluding hydrogens is 448 g/mol. The predicted octanol–water partition coefficient (Wildman–Crippen LogP) is 2.45. The molecule has 2 saturated heterocycles. The maximum Gasteiger partial charge on any atom is 0.413 e. The Kier molecular flexibility index (Phi) is 7.50. The van der Waals surface area contributed by atoms with Gasteiger partial charge in [-0.25, -0.2) is 4.79 Å². The molecule has 180 valence electrons. The van der Waals surface area contributed by atoms with Gasteiger partial charge in [0, 0.05) is 17.7 Å². The largest absolute Gasteiger partial charge is 0.413 e. The summed E-state index contributed by atoms with van der Waals surface area (Å²) in [6.45, 7) is 3.86. The molecule has 0 spiro atoms. The summed E-state index contributed by atoms with van der Waals surface area (Å²) in [4.78, 5) is 22.8. The number of non-ortho nitro benzene ring substituents is 1. The molecule has 2 aromatic rings. The lowest BCUT2D eigenvalue weighted by Crippen LogP contribution is -2.67. The number of hydrogen-bond acceptors (Lipinski definition) is 9. The minimum absolute atomic E-state index is 0.0854. The third kappa shape index (κ3) is 5.41. The maximum absolute atomic E-state index is 12.5. The molecule has 2 fully saturated rings. The molecule has 11 nitrogen and oxygen atoms in total. The van der Waals surface area contributed by atoms with E-state index in [0.29, 0.717) is 0 Å². The summed E-state index contributed by atoms with van der Waals surface area (Å²) in [5.74, 6) is 0.0854. The number of amides is 1. The average Bonchev–Trinajstić information content (AvgIpc) is 2.85. The number of nitrogens with zero attached hydrogens (tertiary/aromatic N) is 1. The fourth-order valence-corrected chi connectivity index (χ4v) is 3.74. The highest BCUT2D eigenvalue weighted by Gasteiger charge is 2.50. The van der Waals surface area contributed by atoms with Crippen molar-refractivity contribution >= 4 is 11.8 Å². The first-order valence-corrected chi connectivity index (χ1v) is 10.6. The third-order valence-electron chi connectivity index (χ3n) is 5.36.